The van der Waals surface area contributed by atoms with Gasteiger partial charge >= 0.3 is 0 Å². The van der Waals surface area contributed by atoms with Crippen LogP contribution in [0.4, 0.5) is 0 Å². The van der Waals surface area contributed by atoms with Gasteiger partial charge < -0.3 is 5.11 Å². The molecule has 0 aliphatic heterocycles. The average molecular weight is 340 g/mol. The molecule has 0 spiro atoms. The summed E-state index contributed by atoms with van der Waals surface area (Å²) in [6, 6.07) is 4.33. The highest BCUT2D eigenvalue weighted by atomic mass is 35.5. The first kappa shape index (κ1) is 17.7. The Morgan fingerprint density at radius 3 is 2.35 bits per heavy atom. The van der Waals surface area contributed by atoms with Crippen LogP contribution < -0.4 is 0 Å². The van der Waals surface area contributed by atoms with Crippen LogP contribution in [0.5, 0.6) is 0 Å². The van der Waals surface area contributed by atoms with Crippen LogP contribution in [-0.2, 0) is 10.0 Å². The van der Waals surface area contributed by atoms with Gasteiger partial charge in [-0.1, -0.05) is 43.1 Å². The summed E-state index contributed by atoms with van der Waals surface area (Å²) in [5.74, 6) is 0. The zero-order chi connectivity index (χ0) is 15.3. The van der Waals surface area contributed by atoms with Gasteiger partial charge in [0.1, 0.15) is 4.90 Å². The van der Waals surface area contributed by atoms with Gasteiger partial charge in [0.2, 0.25) is 10.0 Å². The SMILES string of the molecule is CCC(CC)N(CCO)S(=O)(=O)c1cccc(Cl)c1Cl. The Bertz CT molecular complexity index is 545. The van der Waals surface area contributed by atoms with Crippen LogP contribution in [0.25, 0.3) is 0 Å². The second-order valence-corrected chi connectivity index (χ2v) is 7.01. The van der Waals surface area contributed by atoms with E-state index < -0.39 is 10.0 Å². The first-order valence-corrected chi connectivity index (χ1v) is 8.66. The number of rotatable bonds is 7. The number of hydrogen-bond donors (Lipinski definition) is 1. The lowest BCUT2D eigenvalue weighted by Gasteiger charge is -2.29. The van der Waals surface area contributed by atoms with Gasteiger partial charge in [0.05, 0.1) is 16.7 Å². The molecule has 4 nitrogen and oxygen atoms in total. The quantitative estimate of drug-likeness (QED) is 0.829. The molecule has 0 fully saturated rings. The zero-order valence-corrected chi connectivity index (χ0v) is 13.8. The Morgan fingerprint density at radius 2 is 1.85 bits per heavy atom. The fourth-order valence-electron chi connectivity index (χ4n) is 2.10. The Labute approximate surface area is 130 Å². The van der Waals surface area contributed by atoms with E-state index in [4.69, 9.17) is 28.3 Å². The molecule has 0 heterocycles. The third-order valence-electron chi connectivity index (χ3n) is 3.17. The number of hydrogen-bond acceptors (Lipinski definition) is 3. The number of sulfonamides is 1. The lowest BCUT2D eigenvalue weighted by atomic mass is 10.2. The molecule has 1 aromatic rings. The molecule has 0 bridgehead atoms. The Kier molecular flexibility index (Phi) is 6.75. The maximum absolute atomic E-state index is 12.7. The molecular weight excluding hydrogens is 321 g/mol. The van der Waals surface area contributed by atoms with Crippen molar-refractivity contribution in [3.05, 3.63) is 28.2 Å². The van der Waals surface area contributed by atoms with Crippen molar-refractivity contribution in [1.29, 1.82) is 0 Å². The summed E-state index contributed by atoms with van der Waals surface area (Å²) in [5, 5.41) is 9.36. The lowest BCUT2D eigenvalue weighted by Crippen LogP contribution is -2.41. The molecule has 0 aliphatic rings. The number of aliphatic hydroxyl groups excluding tert-OH is 1. The molecule has 20 heavy (non-hydrogen) atoms. The van der Waals surface area contributed by atoms with E-state index in [1.807, 2.05) is 13.8 Å². The Hall–Kier alpha value is -0.330. The Morgan fingerprint density at radius 1 is 1.25 bits per heavy atom. The van der Waals surface area contributed by atoms with Crippen molar-refractivity contribution < 1.29 is 13.5 Å². The smallest absolute Gasteiger partial charge is 0.244 e. The van der Waals surface area contributed by atoms with E-state index in [0.29, 0.717) is 12.8 Å². The number of nitrogens with zero attached hydrogens (tertiary/aromatic N) is 1. The predicted molar refractivity (Wildman–Crippen MR) is 81.8 cm³/mol. The molecule has 0 atom stereocenters. The maximum Gasteiger partial charge on any atom is 0.244 e. The Balaban J connectivity index is 3.33. The molecule has 7 heteroatoms. The lowest BCUT2D eigenvalue weighted by molar-refractivity contribution is 0.219. The molecule has 0 amide bonds. The van der Waals surface area contributed by atoms with Gasteiger partial charge in [0, 0.05) is 12.6 Å². The minimum atomic E-state index is -3.78. The standard InChI is InChI=1S/C13H19Cl2NO3S/c1-3-10(4-2)16(8-9-17)20(18,19)12-7-5-6-11(14)13(12)15/h5-7,10,17H,3-4,8-9H2,1-2H3. The van der Waals surface area contributed by atoms with Gasteiger partial charge in [-0.25, -0.2) is 8.42 Å². The highest BCUT2D eigenvalue weighted by Gasteiger charge is 2.31. The molecule has 0 saturated carbocycles. The average Bonchev–Trinajstić information content (AvgIpc) is 2.42. The van der Waals surface area contributed by atoms with E-state index in [2.05, 4.69) is 0 Å². The molecule has 0 saturated heterocycles. The van der Waals surface area contributed by atoms with Gasteiger partial charge in [-0.05, 0) is 25.0 Å². The van der Waals surface area contributed by atoms with Gasteiger partial charge in [0.25, 0.3) is 0 Å². The van der Waals surface area contributed by atoms with Crippen LogP contribution >= 0.6 is 23.2 Å². The third kappa shape index (κ3) is 3.65. The first-order valence-electron chi connectivity index (χ1n) is 6.46. The number of aliphatic hydroxyl groups is 1. The van der Waals surface area contributed by atoms with Crippen molar-refractivity contribution in [1.82, 2.24) is 4.31 Å². The molecule has 1 aromatic carbocycles. The van der Waals surface area contributed by atoms with Crippen LogP contribution in [0, 0.1) is 0 Å². The minimum absolute atomic E-state index is 0.0167. The second kappa shape index (κ2) is 7.61. The van der Waals surface area contributed by atoms with Gasteiger partial charge in [0.15, 0.2) is 0 Å². The molecule has 114 valence electrons. The number of halogens is 2. The van der Waals surface area contributed by atoms with E-state index in [1.54, 1.807) is 6.07 Å². The summed E-state index contributed by atoms with van der Waals surface area (Å²) in [7, 11) is -3.78. The maximum atomic E-state index is 12.7. The van der Waals surface area contributed by atoms with E-state index in [1.165, 1.54) is 16.4 Å². The summed E-state index contributed by atoms with van der Waals surface area (Å²) in [6.07, 6.45) is 1.32. The summed E-state index contributed by atoms with van der Waals surface area (Å²) in [6.45, 7) is 3.62. The van der Waals surface area contributed by atoms with Gasteiger partial charge in [-0.15, -0.1) is 0 Å². The van der Waals surface area contributed by atoms with Crippen LogP contribution in [0.3, 0.4) is 0 Å². The summed E-state index contributed by atoms with van der Waals surface area (Å²) >= 11 is 11.9. The van der Waals surface area contributed by atoms with E-state index in [0.717, 1.165) is 0 Å². The zero-order valence-electron chi connectivity index (χ0n) is 11.5. The fourth-order valence-corrected chi connectivity index (χ4v) is 4.60. The van der Waals surface area contributed by atoms with Crippen LogP contribution in [0.2, 0.25) is 10.0 Å². The highest BCUT2D eigenvalue weighted by molar-refractivity contribution is 7.89. The van der Waals surface area contributed by atoms with Crippen molar-refractivity contribution >= 4 is 33.2 Å². The number of benzene rings is 1. The summed E-state index contributed by atoms with van der Waals surface area (Å²) in [5.41, 5.74) is 0. The molecule has 1 rings (SSSR count). The van der Waals surface area contributed by atoms with Crippen molar-refractivity contribution in [3.63, 3.8) is 0 Å². The minimum Gasteiger partial charge on any atom is -0.395 e. The molecule has 0 radical (unpaired) electrons. The molecule has 0 unspecified atom stereocenters. The van der Waals surface area contributed by atoms with E-state index in [-0.39, 0.29) is 34.1 Å². The van der Waals surface area contributed by atoms with Crippen LogP contribution in [0.15, 0.2) is 23.1 Å². The predicted octanol–water partition coefficient (Wildman–Crippen LogP) is 3.17. The van der Waals surface area contributed by atoms with E-state index in [9.17, 15) is 8.42 Å². The largest absolute Gasteiger partial charge is 0.395 e. The van der Waals surface area contributed by atoms with Crippen molar-refractivity contribution in [2.24, 2.45) is 0 Å². The first-order chi connectivity index (χ1) is 9.39. The third-order valence-corrected chi connectivity index (χ3v) is 6.10. The summed E-state index contributed by atoms with van der Waals surface area (Å²) in [4.78, 5) is -0.0213. The van der Waals surface area contributed by atoms with Gasteiger partial charge in [-0.2, -0.15) is 4.31 Å². The monoisotopic (exact) mass is 339 g/mol. The van der Waals surface area contributed by atoms with Crippen molar-refractivity contribution in [3.8, 4) is 0 Å². The molecular formula is C13H19Cl2NO3S. The normalized spacial score (nSPS) is 12.3. The van der Waals surface area contributed by atoms with Crippen LogP contribution in [0.1, 0.15) is 26.7 Å². The fraction of sp³-hybridized carbons (Fsp3) is 0.538. The molecule has 0 aromatic heterocycles. The topological polar surface area (TPSA) is 57.6 Å². The summed E-state index contributed by atoms with van der Waals surface area (Å²) < 4.78 is 26.7. The van der Waals surface area contributed by atoms with Crippen molar-refractivity contribution in [2.45, 2.75) is 37.6 Å². The van der Waals surface area contributed by atoms with E-state index >= 15 is 0 Å². The second-order valence-electron chi connectivity index (χ2n) is 4.36. The highest BCUT2D eigenvalue weighted by Crippen LogP contribution is 2.32. The van der Waals surface area contributed by atoms with Crippen molar-refractivity contribution in [2.75, 3.05) is 13.2 Å². The molecule has 0 aliphatic carbocycles. The van der Waals surface area contributed by atoms with Gasteiger partial charge in [-0.3, -0.25) is 0 Å². The van der Waals surface area contributed by atoms with Crippen LogP contribution in [-0.4, -0.2) is 37.0 Å². The molecule has 1 N–H and O–H groups in total.